The fraction of sp³-hybridized carbons (Fsp3) is 0.364. The molecule has 8 heteroatoms. The van der Waals surface area contributed by atoms with Gasteiger partial charge in [0.1, 0.15) is 5.82 Å². The zero-order chi connectivity index (χ0) is 14.8. The van der Waals surface area contributed by atoms with Gasteiger partial charge < -0.3 is 4.74 Å². The second kappa shape index (κ2) is 5.85. The molecule has 0 radical (unpaired) electrons. The van der Waals surface area contributed by atoms with E-state index < -0.39 is 21.8 Å². The molecular formula is C11H13ClFNO4S. The lowest BCUT2D eigenvalue weighted by Gasteiger charge is -2.17. The molecule has 1 aromatic carbocycles. The van der Waals surface area contributed by atoms with Gasteiger partial charge in [0.05, 0.1) is 24.0 Å². The summed E-state index contributed by atoms with van der Waals surface area (Å²) < 4.78 is 42.1. The van der Waals surface area contributed by atoms with Gasteiger partial charge in [-0.15, -0.1) is 0 Å². The highest BCUT2D eigenvalue weighted by Gasteiger charge is 2.22. The number of methoxy groups -OCH3 is 1. The average Bonchev–Trinajstić information content (AvgIpc) is 2.33. The average molecular weight is 310 g/mol. The summed E-state index contributed by atoms with van der Waals surface area (Å²) >= 11 is 5.64. The predicted octanol–water partition coefficient (Wildman–Crippen LogP) is 1.66. The van der Waals surface area contributed by atoms with Gasteiger partial charge in [-0.25, -0.2) is 21.9 Å². The van der Waals surface area contributed by atoms with Crippen molar-refractivity contribution in [1.82, 2.24) is 4.31 Å². The Labute approximate surface area is 116 Å². The summed E-state index contributed by atoms with van der Waals surface area (Å²) in [6, 6.07) is 2.51. The highest BCUT2D eigenvalue weighted by atomic mass is 35.5. The second-order valence-electron chi connectivity index (χ2n) is 3.90. The number of carbonyl (C=O) groups excluding carboxylic acids is 1. The van der Waals surface area contributed by atoms with Crippen molar-refractivity contribution in [2.24, 2.45) is 0 Å². The Morgan fingerprint density at radius 3 is 2.53 bits per heavy atom. The molecule has 0 heterocycles. The number of sulfonamides is 1. The number of carbonyl (C=O) groups is 1. The summed E-state index contributed by atoms with van der Waals surface area (Å²) in [5.74, 6) is -1.59. The molecular weight excluding hydrogens is 297 g/mol. The van der Waals surface area contributed by atoms with Crippen LogP contribution >= 0.6 is 11.6 Å². The van der Waals surface area contributed by atoms with E-state index in [9.17, 15) is 17.6 Å². The molecule has 1 rings (SSSR count). The van der Waals surface area contributed by atoms with Crippen LogP contribution in [0.2, 0.25) is 5.02 Å². The molecule has 1 aromatic rings. The van der Waals surface area contributed by atoms with E-state index in [0.29, 0.717) is 0 Å². The fourth-order valence-corrected chi connectivity index (χ4v) is 1.93. The van der Waals surface area contributed by atoms with Crippen LogP contribution in [0.5, 0.6) is 0 Å². The molecule has 0 saturated carbocycles. The Morgan fingerprint density at radius 2 is 2.05 bits per heavy atom. The van der Waals surface area contributed by atoms with Gasteiger partial charge in [-0.1, -0.05) is 11.6 Å². The highest BCUT2D eigenvalue weighted by Crippen LogP contribution is 2.24. The largest absolute Gasteiger partial charge is 0.465 e. The van der Waals surface area contributed by atoms with Gasteiger partial charge in [-0.3, -0.25) is 0 Å². The maximum absolute atomic E-state index is 13.9. The van der Waals surface area contributed by atoms with Crippen molar-refractivity contribution in [2.45, 2.75) is 6.54 Å². The first-order valence-electron chi connectivity index (χ1n) is 5.15. The van der Waals surface area contributed by atoms with Crippen LogP contribution in [-0.4, -0.2) is 39.1 Å². The number of nitrogens with zero attached hydrogens (tertiary/aromatic N) is 1. The number of hydrogen-bond donors (Lipinski definition) is 0. The summed E-state index contributed by atoms with van der Waals surface area (Å²) in [6.07, 6.45) is 0.979. The van der Waals surface area contributed by atoms with E-state index >= 15 is 0 Å². The number of hydrogen-bond acceptors (Lipinski definition) is 4. The third kappa shape index (κ3) is 3.65. The topological polar surface area (TPSA) is 63.7 Å². The van der Waals surface area contributed by atoms with Gasteiger partial charge in [-0.05, 0) is 12.1 Å². The maximum atomic E-state index is 13.9. The van der Waals surface area contributed by atoms with E-state index in [-0.39, 0.29) is 22.7 Å². The van der Waals surface area contributed by atoms with Crippen molar-refractivity contribution >= 4 is 27.6 Å². The van der Waals surface area contributed by atoms with Crippen molar-refractivity contribution in [3.8, 4) is 0 Å². The Kier molecular flexibility index (Phi) is 4.89. The number of halogens is 2. The van der Waals surface area contributed by atoms with Crippen LogP contribution in [-0.2, 0) is 21.3 Å². The van der Waals surface area contributed by atoms with Crippen molar-refractivity contribution in [3.63, 3.8) is 0 Å². The molecule has 0 aromatic heterocycles. The van der Waals surface area contributed by atoms with Crippen LogP contribution < -0.4 is 0 Å². The van der Waals surface area contributed by atoms with E-state index in [4.69, 9.17) is 11.6 Å². The molecule has 5 nitrogen and oxygen atoms in total. The van der Waals surface area contributed by atoms with Gasteiger partial charge in [0.15, 0.2) is 0 Å². The van der Waals surface area contributed by atoms with Crippen LogP contribution in [0.15, 0.2) is 12.1 Å². The molecule has 0 spiro atoms. The van der Waals surface area contributed by atoms with E-state index in [2.05, 4.69) is 4.74 Å². The molecule has 106 valence electrons. The first kappa shape index (κ1) is 15.9. The van der Waals surface area contributed by atoms with E-state index in [1.165, 1.54) is 19.2 Å². The van der Waals surface area contributed by atoms with Crippen LogP contribution in [0.4, 0.5) is 4.39 Å². The molecule has 0 amide bonds. The third-order valence-corrected chi connectivity index (χ3v) is 4.10. The van der Waals surface area contributed by atoms with Crippen LogP contribution in [0.25, 0.3) is 0 Å². The zero-order valence-corrected chi connectivity index (χ0v) is 12.2. The predicted molar refractivity (Wildman–Crippen MR) is 69.1 cm³/mol. The molecule has 0 aliphatic heterocycles. The molecule has 0 saturated heterocycles. The Bertz CT molecular complexity index is 603. The number of ether oxygens (including phenoxy) is 1. The van der Waals surface area contributed by atoms with Crippen molar-refractivity contribution in [1.29, 1.82) is 0 Å². The van der Waals surface area contributed by atoms with Gasteiger partial charge in [0.25, 0.3) is 0 Å². The lowest BCUT2D eigenvalue weighted by atomic mass is 10.1. The minimum absolute atomic E-state index is 0.0556. The normalized spacial score (nSPS) is 11.7. The number of rotatable bonds is 4. The van der Waals surface area contributed by atoms with E-state index in [1.807, 2.05) is 0 Å². The van der Waals surface area contributed by atoms with Crippen LogP contribution in [0.3, 0.4) is 0 Å². The Morgan fingerprint density at radius 1 is 1.47 bits per heavy atom. The summed E-state index contributed by atoms with van der Waals surface area (Å²) in [5.41, 5.74) is -0.174. The van der Waals surface area contributed by atoms with E-state index in [0.717, 1.165) is 17.7 Å². The van der Waals surface area contributed by atoms with E-state index in [1.54, 1.807) is 0 Å². The smallest absolute Gasteiger partial charge is 0.338 e. The lowest BCUT2D eigenvalue weighted by molar-refractivity contribution is 0.0598. The SMILES string of the molecule is COC(=O)c1ccc(Cl)c(F)c1CN(C)S(C)(=O)=O. The molecule has 0 aliphatic carbocycles. The first-order valence-corrected chi connectivity index (χ1v) is 7.37. The Hall–Kier alpha value is -1.18. The molecule has 0 unspecified atom stereocenters. The quantitative estimate of drug-likeness (QED) is 0.794. The molecule has 19 heavy (non-hydrogen) atoms. The van der Waals surface area contributed by atoms with Gasteiger partial charge in [-0.2, -0.15) is 0 Å². The monoisotopic (exact) mass is 309 g/mol. The Balaban J connectivity index is 3.31. The summed E-state index contributed by atoms with van der Waals surface area (Å²) in [6.45, 7) is -0.310. The van der Waals surface area contributed by atoms with Crippen molar-refractivity contribution in [3.05, 3.63) is 34.1 Å². The number of esters is 1. The molecule has 0 N–H and O–H groups in total. The molecule has 0 bridgehead atoms. The zero-order valence-electron chi connectivity index (χ0n) is 10.6. The van der Waals surface area contributed by atoms with Crippen molar-refractivity contribution in [2.75, 3.05) is 20.4 Å². The maximum Gasteiger partial charge on any atom is 0.338 e. The fourth-order valence-electron chi connectivity index (χ4n) is 1.39. The summed E-state index contributed by atoms with van der Waals surface area (Å²) in [5, 5.41) is -0.190. The lowest BCUT2D eigenvalue weighted by Crippen LogP contribution is -2.26. The van der Waals surface area contributed by atoms with Crippen LogP contribution in [0.1, 0.15) is 15.9 Å². The van der Waals surface area contributed by atoms with Crippen LogP contribution in [0, 0.1) is 5.82 Å². The second-order valence-corrected chi connectivity index (χ2v) is 6.39. The van der Waals surface area contributed by atoms with Gasteiger partial charge in [0, 0.05) is 19.2 Å². The summed E-state index contributed by atoms with van der Waals surface area (Å²) in [7, 11) is -1.08. The number of benzene rings is 1. The third-order valence-electron chi connectivity index (χ3n) is 2.55. The summed E-state index contributed by atoms with van der Waals surface area (Å²) in [4.78, 5) is 11.5. The minimum Gasteiger partial charge on any atom is -0.465 e. The minimum atomic E-state index is -3.51. The molecule has 0 fully saturated rings. The van der Waals surface area contributed by atoms with Crippen molar-refractivity contribution < 1.29 is 22.3 Å². The highest BCUT2D eigenvalue weighted by molar-refractivity contribution is 7.88. The molecule has 0 aliphatic rings. The van der Waals surface area contributed by atoms with Gasteiger partial charge in [0.2, 0.25) is 10.0 Å². The molecule has 0 atom stereocenters. The van der Waals surface area contributed by atoms with Gasteiger partial charge >= 0.3 is 5.97 Å². The first-order chi connectivity index (χ1) is 8.68. The standard InChI is InChI=1S/C11H13ClFNO4S/c1-14(19(3,16)17)6-8-7(11(15)18-2)4-5-9(12)10(8)13/h4-5H,6H2,1-3H3.